The van der Waals surface area contributed by atoms with Crippen LogP contribution < -0.4 is 15.4 Å². The van der Waals surface area contributed by atoms with Crippen molar-refractivity contribution in [3.8, 4) is 5.75 Å². The number of furan rings is 1. The molecule has 0 atom stereocenters. The molecular formula is C22H18N2O4. The fourth-order valence-electron chi connectivity index (χ4n) is 3.00. The Morgan fingerprint density at radius 1 is 1.07 bits per heavy atom. The van der Waals surface area contributed by atoms with E-state index in [-0.39, 0.29) is 18.2 Å². The van der Waals surface area contributed by atoms with Crippen LogP contribution in [-0.2, 0) is 6.54 Å². The highest BCUT2D eigenvalue weighted by molar-refractivity contribution is 6.15. The molecule has 4 rings (SSSR count). The predicted molar refractivity (Wildman–Crippen MR) is 104 cm³/mol. The molecule has 0 unspecified atom stereocenters. The van der Waals surface area contributed by atoms with E-state index in [1.807, 2.05) is 0 Å². The molecule has 0 saturated heterocycles. The first-order valence-electron chi connectivity index (χ1n) is 8.78. The second kappa shape index (κ2) is 7.44. The Bertz CT molecular complexity index is 1050. The first-order valence-corrected chi connectivity index (χ1v) is 8.78. The number of hydrogen-bond donors (Lipinski definition) is 2. The quantitative estimate of drug-likeness (QED) is 0.665. The molecule has 6 heteroatoms. The summed E-state index contributed by atoms with van der Waals surface area (Å²) in [5, 5.41) is 5.89. The van der Waals surface area contributed by atoms with Crippen LogP contribution in [0.2, 0.25) is 0 Å². The van der Waals surface area contributed by atoms with Crippen LogP contribution in [-0.4, -0.2) is 18.3 Å². The maximum atomic E-state index is 13.1. The lowest BCUT2D eigenvalue weighted by Crippen LogP contribution is -2.25. The molecule has 0 bridgehead atoms. The van der Waals surface area contributed by atoms with Crippen molar-refractivity contribution in [3.63, 3.8) is 0 Å². The molecule has 0 saturated carbocycles. The number of anilines is 1. The van der Waals surface area contributed by atoms with E-state index in [0.29, 0.717) is 40.5 Å². The minimum absolute atomic E-state index is 0.246. The number of carbonyl (C=O) groups excluding carboxylic acids is 2. The van der Waals surface area contributed by atoms with Gasteiger partial charge in [0.25, 0.3) is 5.91 Å². The third-order valence-corrected chi connectivity index (χ3v) is 4.37. The molecule has 0 radical (unpaired) electrons. The number of hydrogen-bond acceptors (Lipinski definition) is 5. The molecule has 0 fully saturated rings. The van der Waals surface area contributed by atoms with Gasteiger partial charge in [0.05, 0.1) is 24.1 Å². The fraction of sp³-hybridized carbons (Fsp3) is 0.0909. The highest BCUT2D eigenvalue weighted by atomic mass is 16.5. The minimum atomic E-state index is -0.340. The third kappa shape index (κ3) is 3.53. The van der Waals surface area contributed by atoms with Crippen molar-refractivity contribution < 1.29 is 18.7 Å². The molecule has 1 aromatic heterocycles. The zero-order chi connectivity index (χ0) is 19.5. The van der Waals surface area contributed by atoms with E-state index in [1.54, 1.807) is 60.9 Å². The van der Waals surface area contributed by atoms with Crippen LogP contribution in [0.15, 0.2) is 77.6 Å². The van der Waals surface area contributed by atoms with Gasteiger partial charge in [0, 0.05) is 16.8 Å². The monoisotopic (exact) mass is 374 g/mol. The average molecular weight is 374 g/mol. The number of nitrogens with one attached hydrogen (secondary N) is 2. The number of rotatable bonds is 5. The van der Waals surface area contributed by atoms with Crippen molar-refractivity contribution in [1.29, 1.82) is 0 Å². The summed E-state index contributed by atoms with van der Waals surface area (Å²) < 4.78 is 10.8. The Morgan fingerprint density at radius 2 is 1.89 bits per heavy atom. The normalized spacial score (nSPS) is 12.5. The second-order valence-corrected chi connectivity index (χ2v) is 6.36. The lowest BCUT2D eigenvalue weighted by atomic mass is 9.97. The van der Waals surface area contributed by atoms with Gasteiger partial charge in [-0.15, -0.1) is 0 Å². The topological polar surface area (TPSA) is 80.6 Å². The van der Waals surface area contributed by atoms with Gasteiger partial charge in [-0.1, -0.05) is 24.8 Å². The molecule has 2 heterocycles. The van der Waals surface area contributed by atoms with Crippen LogP contribution in [0, 0.1) is 0 Å². The summed E-state index contributed by atoms with van der Waals surface area (Å²) in [6, 6.07) is 15.4. The maximum Gasteiger partial charge on any atom is 0.252 e. The summed E-state index contributed by atoms with van der Waals surface area (Å²) in [4.78, 5) is 25.7. The number of ether oxygens (including phenoxy) is 1. The van der Waals surface area contributed by atoms with Crippen molar-refractivity contribution >= 4 is 17.4 Å². The van der Waals surface area contributed by atoms with Crippen LogP contribution in [0.4, 0.5) is 5.69 Å². The smallest absolute Gasteiger partial charge is 0.252 e. The van der Waals surface area contributed by atoms with Crippen molar-refractivity contribution in [2.24, 2.45) is 0 Å². The Labute approximate surface area is 161 Å². The molecule has 0 spiro atoms. The van der Waals surface area contributed by atoms with Crippen LogP contribution in [0.5, 0.6) is 5.75 Å². The SMILES string of the molecule is C=C1COc2ccc(C(=O)c3ccccc3C(=O)NCc3ccco3)cc2N1. The molecule has 1 aliphatic heterocycles. The lowest BCUT2D eigenvalue weighted by molar-refractivity contribution is 0.0937. The molecule has 2 N–H and O–H groups in total. The van der Waals surface area contributed by atoms with Gasteiger partial charge >= 0.3 is 0 Å². The maximum absolute atomic E-state index is 13.1. The molecular weight excluding hydrogens is 356 g/mol. The first-order chi connectivity index (χ1) is 13.6. The van der Waals surface area contributed by atoms with Gasteiger partial charge in [-0.3, -0.25) is 9.59 Å². The number of amides is 1. The molecule has 28 heavy (non-hydrogen) atoms. The van der Waals surface area contributed by atoms with Crippen molar-refractivity contribution in [1.82, 2.24) is 5.32 Å². The standard InChI is InChI=1S/C22H18N2O4/c1-14-13-28-20-9-8-15(11-19(20)24-14)21(25)17-6-2-3-7-18(17)22(26)23-12-16-5-4-10-27-16/h2-11,24H,1,12-13H2,(H,23,26). The molecule has 6 nitrogen and oxygen atoms in total. The average Bonchev–Trinajstić information content (AvgIpc) is 3.24. The highest BCUT2D eigenvalue weighted by Gasteiger charge is 2.20. The molecule has 1 amide bonds. The van der Waals surface area contributed by atoms with E-state index in [0.717, 1.165) is 5.70 Å². The molecule has 3 aromatic rings. The molecule has 0 aliphatic carbocycles. The van der Waals surface area contributed by atoms with Gasteiger partial charge in [0.15, 0.2) is 5.78 Å². The summed E-state index contributed by atoms with van der Waals surface area (Å²) in [5.41, 5.74) is 2.49. The zero-order valence-electron chi connectivity index (χ0n) is 15.0. The lowest BCUT2D eigenvalue weighted by Gasteiger charge is -2.21. The van der Waals surface area contributed by atoms with Crippen LogP contribution in [0.1, 0.15) is 32.0 Å². The van der Waals surface area contributed by atoms with E-state index >= 15 is 0 Å². The molecule has 2 aromatic carbocycles. The fourth-order valence-corrected chi connectivity index (χ4v) is 3.00. The van der Waals surface area contributed by atoms with E-state index in [2.05, 4.69) is 17.2 Å². The zero-order valence-corrected chi connectivity index (χ0v) is 15.0. The van der Waals surface area contributed by atoms with Crippen LogP contribution in [0.25, 0.3) is 0 Å². The van der Waals surface area contributed by atoms with Gasteiger partial charge in [-0.25, -0.2) is 0 Å². The number of ketones is 1. The predicted octanol–water partition coefficient (Wildman–Crippen LogP) is 3.76. The van der Waals surface area contributed by atoms with Gasteiger partial charge < -0.3 is 19.8 Å². The number of fused-ring (bicyclic) bond motifs is 1. The number of carbonyl (C=O) groups is 2. The van der Waals surface area contributed by atoms with Gasteiger partial charge in [-0.05, 0) is 36.4 Å². The Balaban J connectivity index is 1.59. The summed E-state index contributed by atoms with van der Waals surface area (Å²) in [6.07, 6.45) is 1.54. The van der Waals surface area contributed by atoms with Crippen molar-refractivity contribution in [3.05, 3.63) is 95.6 Å². The summed E-state index contributed by atoms with van der Waals surface area (Å²) >= 11 is 0. The second-order valence-electron chi connectivity index (χ2n) is 6.36. The van der Waals surface area contributed by atoms with Gasteiger partial charge in [0.2, 0.25) is 0 Å². The van der Waals surface area contributed by atoms with E-state index in [1.165, 1.54) is 0 Å². The summed E-state index contributed by atoms with van der Waals surface area (Å²) in [5.74, 6) is 0.712. The molecule has 140 valence electrons. The van der Waals surface area contributed by atoms with Crippen LogP contribution in [0.3, 0.4) is 0 Å². The Hall–Kier alpha value is -3.80. The number of benzene rings is 2. The van der Waals surface area contributed by atoms with Gasteiger partial charge in [-0.2, -0.15) is 0 Å². The van der Waals surface area contributed by atoms with Gasteiger partial charge in [0.1, 0.15) is 18.1 Å². The largest absolute Gasteiger partial charge is 0.485 e. The Kier molecular flexibility index (Phi) is 4.68. The molecule has 1 aliphatic rings. The van der Waals surface area contributed by atoms with Crippen LogP contribution >= 0.6 is 0 Å². The van der Waals surface area contributed by atoms with Crippen molar-refractivity contribution in [2.45, 2.75) is 6.54 Å². The van der Waals surface area contributed by atoms with E-state index < -0.39 is 0 Å². The summed E-state index contributed by atoms with van der Waals surface area (Å²) in [6.45, 7) is 4.48. The first kappa shape index (κ1) is 17.6. The van der Waals surface area contributed by atoms with Crippen molar-refractivity contribution in [2.75, 3.05) is 11.9 Å². The highest BCUT2D eigenvalue weighted by Crippen LogP contribution is 2.31. The Morgan fingerprint density at radius 3 is 2.68 bits per heavy atom. The summed E-state index contributed by atoms with van der Waals surface area (Å²) in [7, 11) is 0. The van der Waals surface area contributed by atoms with E-state index in [9.17, 15) is 9.59 Å². The van der Waals surface area contributed by atoms with E-state index in [4.69, 9.17) is 9.15 Å². The third-order valence-electron chi connectivity index (χ3n) is 4.37. The minimum Gasteiger partial charge on any atom is -0.485 e.